The van der Waals surface area contributed by atoms with E-state index in [2.05, 4.69) is 5.32 Å². The number of hydrogen-bond acceptors (Lipinski definition) is 3. The van der Waals surface area contributed by atoms with Gasteiger partial charge in [-0.1, -0.05) is 0 Å². The predicted molar refractivity (Wildman–Crippen MR) is 61.9 cm³/mol. The number of nitrogens with one attached hydrogen (secondary N) is 1. The number of rotatable bonds is 7. The molecule has 2 N–H and O–H groups in total. The molecule has 0 saturated heterocycles. The topological polar surface area (TPSA) is 78.9 Å². The molecule has 1 fully saturated rings. The Labute approximate surface area is 101 Å². The maximum Gasteiger partial charge on any atom is 0.317 e. The van der Waals surface area contributed by atoms with E-state index in [0.717, 1.165) is 12.8 Å². The number of nitrogens with zero attached hydrogens (tertiary/aromatic N) is 1. The lowest BCUT2D eigenvalue weighted by molar-refractivity contribution is -0.137. The van der Waals surface area contributed by atoms with Crippen LogP contribution in [0.1, 0.15) is 26.2 Å². The molecule has 98 valence electrons. The van der Waals surface area contributed by atoms with Crippen LogP contribution in [0.2, 0.25) is 0 Å². The molecule has 0 aliphatic heterocycles. The standard InChI is InChI=1S/C11H20N2O4/c1-8(7-10(14)15)12-11(16)13(5-6-17-2)9-3-4-9/h8-9H,3-7H2,1-2H3,(H,12,16)(H,14,15). The van der Waals surface area contributed by atoms with E-state index in [1.54, 1.807) is 18.9 Å². The largest absolute Gasteiger partial charge is 0.481 e. The zero-order valence-corrected chi connectivity index (χ0v) is 10.3. The Morgan fingerprint density at radius 2 is 2.18 bits per heavy atom. The first-order chi connectivity index (χ1) is 8.04. The molecule has 0 aromatic carbocycles. The Kier molecular flexibility index (Phi) is 5.21. The lowest BCUT2D eigenvalue weighted by Gasteiger charge is -2.24. The van der Waals surface area contributed by atoms with Crippen LogP contribution in [0.15, 0.2) is 0 Å². The van der Waals surface area contributed by atoms with Gasteiger partial charge in [-0.3, -0.25) is 4.79 Å². The molecule has 0 aromatic heterocycles. The van der Waals surface area contributed by atoms with Crippen molar-refractivity contribution >= 4 is 12.0 Å². The van der Waals surface area contributed by atoms with Crippen LogP contribution in [0.5, 0.6) is 0 Å². The molecule has 1 rings (SSSR count). The highest BCUT2D eigenvalue weighted by Crippen LogP contribution is 2.26. The molecule has 6 heteroatoms. The maximum atomic E-state index is 11.9. The number of carbonyl (C=O) groups is 2. The van der Waals surface area contributed by atoms with Crippen molar-refractivity contribution in [2.45, 2.75) is 38.3 Å². The van der Waals surface area contributed by atoms with Crippen molar-refractivity contribution in [2.75, 3.05) is 20.3 Å². The highest BCUT2D eigenvalue weighted by atomic mass is 16.5. The van der Waals surface area contributed by atoms with Gasteiger partial charge in [0.2, 0.25) is 0 Å². The van der Waals surface area contributed by atoms with Crippen molar-refractivity contribution < 1.29 is 19.4 Å². The lowest BCUT2D eigenvalue weighted by Crippen LogP contribution is -2.46. The summed E-state index contributed by atoms with van der Waals surface area (Å²) in [6, 6.07) is -0.260. The third-order valence-electron chi connectivity index (χ3n) is 2.64. The second-order valence-electron chi connectivity index (χ2n) is 4.37. The van der Waals surface area contributed by atoms with E-state index in [1.165, 1.54) is 0 Å². The second kappa shape index (κ2) is 6.44. The van der Waals surface area contributed by atoms with Gasteiger partial charge in [-0.25, -0.2) is 4.79 Å². The van der Waals surface area contributed by atoms with Gasteiger partial charge in [0.1, 0.15) is 0 Å². The Balaban J connectivity index is 2.38. The monoisotopic (exact) mass is 244 g/mol. The summed E-state index contributed by atoms with van der Waals surface area (Å²) in [6.45, 7) is 2.73. The van der Waals surface area contributed by atoms with Crippen LogP contribution in [-0.2, 0) is 9.53 Å². The van der Waals surface area contributed by atoms with Crippen molar-refractivity contribution in [3.05, 3.63) is 0 Å². The molecule has 1 atom stereocenters. The number of methoxy groups -OCH3 is 1. The fourth-order valence-electron chi connectivity index (χ4n) is 1.63. The minimum Gasteiger partial charge on any atom is -0.481 e. The summed E-state index contributed by atoms with van der Waals surface area (Å²) in [5, 5.41) is 11.3. The molecule has 1 aliphatic rings. The number of urea groups is 1. The average Bonchev–Trinajstić information content (AvgIpc) is 3.00. The summed E-state index contributed by atoms with van der Waals surface area (Å²) in [4.78, 5) is 24.1. The molecule has 6 nitrogen and oxygen atoms in total. The van der Waals surface area contributed by atoms with E-state index in [9.17, 15) is 9.59 Å². The maximum absolute atomic E-state index is 11.9. The second-order valence-corrected chi connectivity index (χ2v) is 4.37. The van der Waals surface area contributed by atoms with Gasteiger partial charge in [0, 0.05) is 25.7 Å². The predicted octanol–water partition coefficient (Wildman–Crippen LogP) is 0.670. The SMILES string of the molecule is COCCN(C(=O)NC(C)CC(=O)O)C1CC1. The Morgan fingerprint density at radius 1 is 1.53 bits per heavy atom. The minimum absolute atomic E-state index is 0.0610. The van der Waals surface area contributed by atoms with Crippen LogP contribution in [0.25, 0.3) is 0 Å². The molecule has 0 heterocycles. The van der Waals surface area contributed by atoms with Gasteiger partial charge < -0.3 is 20.1 Å². The van der Waals surface area contributed by atoms with Crippen LogP contribution in [-0.4, -0.2) is 54.4 Å². The quantitative estimate of drug-likeness (QED) is 0.690. The minimum atomic E-state index is -0.910. The number of carboxylic acid groups (broad SMARTS) is 1. The van der Waals surface area contributed by atoms with E-state index in [4.69, 9.17) is 9.84 Å². The summed E-state index contributed by atoms with van der Waals surface area (Å²) in [6.07, 6.45) is 1.98. The fraction of sp³-hybridized carbons (Fsp3) is 0.818. The third-order valence-corrected chi connectivity index (χ3v) is 2.64. The summed E-state index contributed by atoms with van der Waals surface area (Å²) < 4.78 is 4.95. The van der Waals surface area contributed by atoms with Crippen LogP contribution < -0.4 is 5.32 Å². The van der Waals surface area contributed by atoms with Crippen LogP contribution >= 0.6 is 0 Å². The smallest absolute Gasteiger partial charge is 0.317 e. The van der Waals surface area contributed by atoms with Crippen molar-refractivity contribution in [3.8, 4) is 0 Å². The van der Waals surface area contributed by atoms with E-state index >= 15 is 0 Å². The number of carboxylic acids is 1. The van der Waals surface area contributed by atoms with Gasteiger partial charge in [0.05, 0.1) is 13.0 Å². The van der Waals surface area contributed by atoms with E-state index in [1.807, 2.05) is 0 Å². The molecule has 2 amide bonds. The molecule has 17 heavy (non-hydrogen) atoms. The van der Waals surface area contributed by atoms with Crippen molar-refractivity contribution in [1.29, 1.82) is 0 Å². The van der Waals surface area contributed by atoms with Crippen molar-refractivity contribution in [2.24, 2.45) is 0 Å². The van der Waals surface area contributed by atoms with Crippen LogP contribution in [0.3, 0.4) is 0 Å². The zero-order chi connectivity index (χ0) is 12.8. The molecular weight excluding hydrogens is 224 g/mol. The molecule has 0 radical (unpaired) electrons. The normalized spacial score (nSPS) is 16.4. The van der Waals surface area contributed by atoms with Gasteiger partial charge in [-0.05, 0) is 19.8 Å². The Morgan fingerprint density at radius 3 is 2.65 bits per heavy atom. The fourth-order valence-corrected chi connectivity index (χ4v) is 1.63. The first kappa shape index (κ1) is 13.8. The molecule has 1 unspecified atom stereocenters. The number of ether oxygens (including phenoxy) is 1. The summed E-state index contributed by atoms with van der Waals surface area (Å²) in [7, 11) is 1.59. The lowest BCUT2D eigenvalue weighted by atomic mass is 10.2. The van der Waals surface area contributed by atoms with E-state index < -0.39 is 5.97 Å². The average molecular weight is 244 g/mol. The summed E-state index contributed by atoms with van der Waals surface area (Å²) in [5.41, 5.74) is 0. The zero-order valence-electron chi connectivity index (χ0n) is 10.3. The summed E-state index contributed by atoms with van der Waals surface area (Å²) in [5.74, 6) is -0.910. The first-order valence-electron chi connectivity index (χ1n) is 5.82. The highest BCUT2D eigenvalue weighted by molar-refractivity contribution is 5.76. The Bertz CT molecular complexity index is 279. The van der Waals surface area contributed by atoms with Crippen molar-refractivity contribution in [1.82, 2.24) is 10.2 Å². The van der Waals surface area contributed by atoms with Gasteiger partial charge in [0.25, 0.3) is 0 Å². The van der Waals surface area contributed by atoms with Crippen LogP contribution in [0, 0.1) is 0 Å². The van der Waals surface area contributed by atoms with Gasteiger partial charge >= 0.3 is 12.0 Å². The number of aliphatic carboxylic acids is 1. The Hall–Kier alpha value is -1.30. The van der Waals surface area contributed by atoms with E-state index in [-0.39, 0.29) is 18.5 Å². The molecule has 0 aromatic rings. The number of carbonyl (C=O) groups excluding carboxylic acids is 1. The molecule has 1 saturated carbocycles. The van der Waals surface area contributed by atoms with Crippen LogP contribution in [0.4, 0.5) is 4.79 Å². The van der Waals surface area contributed by atoms with E-state index in [0.29, 0.717) is 19.2 Å². The van der Waals surface area contributed by atoms with Gasteiger partial charge in [0.15, 0.2) is 0 Å². The van der Waals surface area contributed by atoms with Gasteiger partial charge in [-0.15, -0.1) is 0 Å². The number of hydrogen-bond donors (Lipinski definition) is 2. The highest BCUT2D eigenvalue weighted by Gasteiger charge is 2.32. The molecule has 1 aliphatic carbocycles. The molecular formula is C11H20N2O4. The van der Waals surface area contributed by atoms with Gasteiger partial charge in [-0.2, -0.15) is 0 Å². The third kappa shape index (κ3) is 5.04. The number of amides is 2. The van der Waals surface area contributed by atoms with Crippen molar-refractivity contribution in [3.63, 3.8) is 0 Å². The summed E-state index contributed by atoms with van der Waals surface area (Å²) >= 11 is 0. The molecule has 0 spiro atoms. The first-order valence-corrected chi connectivity index (χ1v) is 5.82. The molecule has 0 bridgehead atoms.